The predicted octanol–water partition coefficient (Wildman–Crippen LogP) is 5.75. The van der Waals surface area contributed by atoms with Gasteiger partial charge in [-0.25, -0.2) is 8.42 Å². The molecule has 0 spiro atoms. The number of ether oxygens (including phenoxy) is 1. The Labute approximate surface area is 250 Å². The number of anilines is 1. The third kappa shape index (κ3) is 7.95. The van der Waals surface area contributed by atoms with E-state index in [1.807, 2.05) is 19.1 Å². The van der Waals surface area contributed by atoms with E-state index >= 15 is 0 Å². The molecule has 7 nitrogen and oxygen atoms in total. The zero-order valence-electron chi connectivity index (χ0n) is 24.2. The molecule has 1 saturated heterocycles. The number of carbonyl (C=O) groups excluding carboxylic acids is 1. The van der Waals surface area contributed by atoms with Crippen molar-refractivity contribution < 1.29 is 36.2 Å². The van der Waals surface area contributed by atoms with E-state index in [1.54, 1.807) is 43.3 Å². The van der Waals surface area contributed by atoms with Gasteiger partial charge in [-0.3, -0.25) is 4.79 Å². The number of hydrogen-bond acceptors (Lipinski definition) is 6. The smallest absolute Gasteiger partial charge is 0.394 e. The highest BCUT2D eigenvalue weighted by atomic mass is 32.2. The molecule has 1 amide bonds. The summed E-state index contributed by atoms with van der Waals surface area (Å²) in [6.45, 7) is 4.89. The second kappa shape index (κ2) is 13.9. The lowest BCUT2D eigenvalue weighted by Crippen LogP contribution is -2.33. The fourth-order valence-electron chi connectivity index (χ4n) is 5.29. The van der Waals surface area contributed by atoms with E-state index in [1.165, 1.54) is 12.1 Å². The Kier molecular flexibility index (Phi) is 10.5. The molecule has 3 aromatic rings. The van der Waals surface area contributed by atoms with Crippen LogP contribution in [-0.2, 0) is 20.8 Å². The zero-order chi connectivity index (χ0) is 31.2. The van der Waals surface area contributed by atoms with E-state index in [-0.39, 0.29) is 29.2 Å². The third-order valence-electron chi connectivity index (χ3n) is 7.75. The third-order valence-corrected chi connectivity index (χ3v) is 9.50. The predicted molar refractivity (Wildman–Crippen MR) is 159 cm³/mol. The molecule has 0 bridgehead atoms. The standard InChI is InChI=1S/C32H37F3N2O5S/c1-3-17-42-21-28-18-25(22-5-11-26(12-6-22)32(33,34)35)19-37(28)27-13-7-24(8-14-27)31(39)36-30(20-38)23-9-15-29(16-10-23)43(40,41)4-2/h5-16,25,28,30,38H,3-4,17-21H2,1-2H3,(H,36,39)/t25?,28-,30-/m0/s1. The molecular weight excluding hydrogens is 581 g/mol. The maximum atomic E-state index is 13.1. The van der Waals surface area contributed by atoms with Crippen LogP contribution in [0.25, 0.3) is 0 Å². The van der Waals surface area contributed by atoms with Gasteiger partial charge in [0.15, 0.2) is 9.84 Å². The topological polar surface area (TPSA) is 95.9 Å². The maximum absolute atomic E-state index is 13.1. The van der Waals surface area contributed by atoms with Crippen LogP contribution in [0.2, 0.25) is 0 Å². The number of aliphatic hydroxyl groups is 1. The van der Waals surface area contributed by atoms with Crippen molar-refractivity contribution in [3.8, 4) is 0 Å². The molecule has 0 radical (unpaired) electrons. The van der Waals surface area contributed by atoms with Gasteiger partial charge in [-0.2, -0.15) is 13.2 Å². The van der Waals surface area contributed by atoms with Crippen molar-refractivity contribution in [2.24, 2.45) is 0 Å². The van der Waals surface area contributed by atoms with Crippen molar-refractivity contribution in [1.29, 1.82) is 0 Å². The summed E-state index contributed by atoms with van der Waals surface area (Å²) in [6, 6.07) is 17.7. The quantitative estimate of drug-likeness (QED) is 0.251. The normalized spacial score (nSPS) is 18.0. The van der Waals surface area contributed by atoms with Crippen LogP contribution in [0.5, 0.6) is 0 Å². The first-order valence-electron chi connectivity index (χ1n) is 14.3. The molecule has 1 aliphatic rings. The van der Waals surface area contributed by atoms with Gasteiger partial charge in [0.1, 0.15) is 0 Å². The van der Waals surface area contributed by atoms with Crippen LogP contribution >= 0.6 is 0 Å². The van der Waals surface area contributed by atoms with Crippen LogP contribution in [0.1, 0.15) is 65.7 Å². The minimum Gasteiger partial charge on any atom is -0.394 e. The van der Waals surface area contributed by atoms with E-state index in [9.17, 15) is 31.5 Å². The van der Waals surface area contributed by atoms with Gasteiger partial charge in [-0.05, 0) is 72.5 Å². The number of amides is 1. The number of nitrogens with zero attached hydrogens (tertiary/aromatic N) is 1. The number of rotatable bonds is 12. The summed E-state index contributed by atoms with van der Waals surface area (Å²) in [5.74, 6) is -0.408. The SMILES string of the molecule is CCCOC[C@@H]1CC(c2ccc(C(F)(F)F)cc2)CN1c1ccc(C(=O)N[C@@H](CO)c2ccc(S(=O)(=O)CC)cc2)cc1. The Bertz CT molecular complexity index is 1460. The van der Waals surface area contributed by atoms with Crippen LogP contribution in [0.3, 0.4) is 0 Å². The number of aliphatic hydroxyl groups excluding tert-OH is 1. The van der Waals surface area contributed by atoms with Crippen molar-refractivity contribution in [1.82, 2.24) is 5.32 Å². The van der Waals surface area contributed by atoms with Crippen LogP contribution in [0.4, 0.5) is 18.9 Å². The van der Waals surface area contributed by atoms with Crippen molar-refractivity contribution in [2.45, 2.75) is 55.8 Å². The number of sulfone groups is 1. The Morgan fingerprint density at radius 2 is 1.67 bits per heavy atom. The van der Waals surface area contributed by atoms with E-state index in [0.717, 1.165) is 29.8 Å². The Hall–Kier alpha value is -3.41. The van der Waals surface area contributed by atoms with Gasteiger partial charge in [-0.15, -0.1) is 0 Å². The van der Waals surface area contributed by atoms with E-state index in [0.29, 0.717) is 37.3 Å². The van der Waals surface area contributed by atoms with Crippen LogP contribution in [-0.4, -0.2) is 57.6 Å². The monoisotopic (exact) mass is 618 g/mol. The molecule has 43 heavy (non-hydrogen) atoms. The van der Waals surface area contributed by atoms with Gasteiger partial charge in [-0.1, -0.05) is 38.1 Å². The van der Waals surface area contributed by atoms with Gasteiger partial charge < -0.3 is 20.1 Å². The van der Waals surface area contributed by atoms with Gasteiger partial charge in [0, 0.05) is 30.3 Å². The second-order valence-electron chi connectivity index (χ2n) is 10.7. The highest BCUT2D eigenvalue weighted by Crippen LogP contribution is 2.37. The summed E-state index contributed by atoms with van der Waals surface area (Å²) >= 11 is 0. The number of nitrogens with one attached hydrogen (secondary N) is 1. The molecule has 3 aromatic carbocycles. The molecule has 4 rings (SSSR count). The van der Waals surface area contributed by atoms with Gasteiger partial charge in [0.05, 0.1) is 41.5 Å². The number of carbonyl (C=O) groups is 1. The number of alkyl halides is 3. The average Bonchev–Trinajstić information content (AvgIpc) is 3.44. The first-order valence-corrected chi connectivity index (χ1v) is 16.0. The summed E-state index contributed by atoms with van der Waals surface area (Å²) < 4.78 is 69.2. The Morgan fingerprint density at radius 3 is 2.23 bits per heavy atom. The number of benzene rings is 3. The van der Waals surface area contributed by atoms with E-state index in [2.05, 4.69) is 10.2 Å². The molecule has 0 aliphatic carbocycles. The van der Waals surface area contributed by atoms with Crippen LogP contribution in [0.15, 0.2) is 77.7 Å². The van der Waals surface area contributed by atoms with Gasteiger partial charge in [0.25, 0.3) is 5.91 Å². The van der Waals surface area contributed by atoms with Gasteiger partial charge >= 0.3 is 6.18 Å². The lowest BCUT2D eigenvalue weighted by Gasteiger charge is -2.27. The minimum atomic E-state index is -4.38. The first kappa shape index (κ1) is 32.5. The van der Waals surface area contributed by atoms with E-state index in [4.69, 9.17) is 4.74 Å². The van der Waals surface area contributed by atoms with Gasteiger partial charge in [0.2, 0.25) is 0 Å². The van der Waals surface area contributed by atoms with Crippen molar-refractivity contribution in [3.05, 3.63) is 95.1 Å². The fourth-order valence-corrected chi connectivity index (χ4v) is 6.18. The highest BCUT2D eigenvalue weighted by Gasteiger charge is 2.35. The molecule has 0 saturated carbocycles. The van der Waals surface area contributed by atoms with Crippen molar-refractivity contribution in [3.63, 3.8) is 0 Å². The van der Waals surface area contributed by atoms with E-state index < -0.39 is 33.5 Å². The van der Waals surface area contributed by atoms with Crippen LogP contribution < -0.4 is 10.2 Å². The lowest BCUT2D eigenvalue weighted by atomic mass is 9.95. The molecule has 1 fully saturated rings. The summed E-state index contributed by atoms with van der Waals surface area (Å²) in [5, 5.41) is 12.7. The number of halogens is 3. The van der Waals surface area contributed by atoms with Crippen LogP contribution in [0, 0.1) is 0 Å². The molecule has 232 valence electrons. The summed E-state index contributed by atoms with van der Waals surface area (Å²) in [5.41, 5.74) is 1.98. The average molecular weight is 619 g/mol. The Morgan fingerprint density at radius 1 is 1.02 bits per heavy atom. The molecule has 1 unspecified atom stereocenters. The molecular formula is C32H37F3N2O5S. The molecule has 1 aliphatic heterocycles. The molecule has 0 aromatic heterocycles. The zero-order valence-corrected chi connectivity index (χ0v) is 25.0. The minimum absolute atomic E-state index is 0.0109. The lowest BCUT2D eigenvalue weighted by molar-refractivity contribution is -0.137. The largest absolute Gasteiger partial charge is 0.416 e. The highest BCUT2D eigenvalue weighted by molar-refractivity contribution is 7.91. The van der Waals surface area contributed by atoms with Crippen molar-refractivity contribution in [2.75, 3.05) is 37.0 Å². The van der Waals surface area contributed by atoms with Crippen molar-refractivity contribution >= 4 is 21.4 Å². The first-order chi connectivity index (χ1) is 20.5. The fraction of sp³-hybridized carbons (Fsp3) is 0.406. The summed E-state index contributed by atoms with van der Waals surface area (Å²) in [6.07, 6.45) is -2.80. The Balaban J connectivity index is 1.46. The molecule has 1 heterocycles. The molecule has 2 N–H and O–H groups in total. The molecule has 3 atom stereocenters. The second-order valence-corrected chi connectivity index (χ2v) is 12.9. The summed E-state index contributed by atoms with van der Waals surface area (Å²) in [4.78, 5) is 15.4. The maximum Gasteiger partial charge on any atom is 0.416 e. The molecule has 11 heteroatoms. The summed E-state index contributed by atoms with van der Waals surface area (Å²) in [7, 11) is -3.36. The number of hydrogen-bond donors (Lipinski definition) is 2.